The van der Waals surface area contributed by atoms with Gasteiger partial charge in [-0.25, -0.2) is 4.39 Å². The van der Waals surface area contributed by atoms with Gasteiger partial charge >= 0.3 is 0 Å². The van der Waals surface area contributed by atoms with Crippen molar-refractivity contribution in [2.24, 2.45) is 0 Å². The van der Waals surface area contributed by atoms with E-state index in [-0.39, 0.29) is 12.4 Å². The molecule has 0 radical (unpaired) electrons. The average molecular weight is 289 g/mol. The second-order valence-corrected chi connectivity index (χ2v) is 4.90. The Morgan fingerprint density at radius 2 is 1.81 bits per heavy atom. The van der Waals surface area contributed by atoms with E-state index in [2.05, 4.69) is 5.32 Å². The van der Waals surface area contributed by atoms with Crippen LogP contribution < -0.4 is 10.1 Å². The Bertz CT molecular complexity index is 597. The van der Waals surface area contributed by atoms with Crippen molar-refractivity contribution < 1.29 is 14.2 Å². The van der Waals surface area contributed by atoms with Gasteiger partial charge in [0.15, 0.2) is 0 Å². The molecule has 0 bridgehead atoms. The van der Waals surface area contributed by atoms with Crippen LogP contribution in [-0.2, 0) is 5.54 Å². The number of benzene rings is 2. The van der Waals surface area contributed by atoms with Crippen molar-refractivity contribution in [3.8, 4) is 5.75 Å². The third kappa shape index (κ3) is 3.00. The van der Waals surface area contributed by atoms with Gasteiger partial charge in [0.05, 0.1) is 24.9 Å². The van der Waals surface area contributed by atoms with Crippen LogP contribution >= 0.6 is 0 Å². The minimum absolute atomic E-state index is 0.220. The number of aliphatic hydroxyl groups is 1. The molecule has 2 N–H and O–H groups in total. The molecule has 0 aliphatic rings. The highest BCUT2D eigenvalue weighted by Gasteiger charge is 2.32. The zero-order valence-electron chi connectivity index (χ0n) is 12.3. The average Bonchev–Trinajstić information content (AvgIpc) is 2.54. The molecule has 2 rings (SSSR count). The first-order valence-electron chi connectivity index (χ1n) is 6.94. The molecule has 0 heterocycles. The van der Waals surface area contributed by atoms with Crippen molar-refractivity contribution in [3.63, 3.8) is 0 Å². The van der Waals surface area contributed by atoms with E-state index in [0.717, 1.165) is 5.69 Å². The van der Waals surface area contributed by atoms with Crippen LogP contribution in [0, 0.1) is 5.82 Å². The van der Waals surface area contributed by atoms with Crippen molar-refractivity contribution >= 4 is 5.69 Å². The van der Waals surface area contributed by atoms with E-state index < -0.39 is 5.54 Å². The number of rotatable bonds is 6. The lowest BCUT2D eigenvalue weighted by atomic mass is 9.87. The molecule has 0 aliphatic heterocycles. The maximum absolute atomic E-state index is 14.2. The number of aliphatic hydroxyl groups excluding tert-OH is 1. The SMILES string of the molecule is CCC(CO)(Nc1ccccc1OC)c1ccccc1F. The molecule has 2 aromatic rings. The van der Waals surface area contributed by atoms with E-state index >= 15 is 0 Å². The fourth-order valence-corrected chi connectivity index (χ4v) is 2.44. The van der Waals surface area contributed by atoms with E-state index in [1.54, 1.807) is 25.3 Å². The lowest BCUT2D eigenvalue weighted by molar-refractivity contribution is 0.203. The third-order valence-corrected chi connectivity index (χ3v) is 3.74. The molecule has 0 spiro atoms. The van der Waals surface area contributed by atoms with Crippen molar-refractivity contribution in [3.05, 3.63) is 59.9 Å². The normalized spacial score (nSPS) is 13.5. The van der Waals surface area contributed by atoms with Gasteiger partial charge in [0, 0.05) is 5.56 Å². The quantitative estimate of drug-likeness (QED) is 0.854. The zero-order chi connectivity index (χ0) is 15.3. The van der Waals surface area contributed by atoms with Crippen LogP contribution in [0.1, 0.15) is 18.9 Å². The molecule has 112 valence electrons. The number of methoxy groups -OCH3 is 1. The summed E-state index contributed by atoms with van der Waals surface area (Å²) in [6.07, 6.45) is 0.530. The summed E-state index contributed by atoms with van der Waals surface area (Å²) in [7, 11) is 1.58. The highest BCUT2D eigenvalue weighted by Crippen LogP contribution is 2.34. The van der Waals surface area contributed by atoms with E-state index in [1.807, 2.05) is 31.2 Å². The smallest absolute Gasteiger partial charge is 0.141 e. The second-order valence-electron chi connectivity index (χ2n) is 4.90. The standard InChI is InChI=1S/C17H20FNO2/c1-3-17(12-20,13-8-4-5-9-14(13)18)19-15-10-6-7-11-16(15)21-2/h4-11,19-20H,3,12H2,1-2H3. The minimum atomic E-state index is -0.889. The minimum Gasteiger partial charge on any atom is -0.495 e. The first-order chi connectivity index (χ1) is 10.2. The number of hydrogen-bond acceptors (Lipinski definition) is 3. The molecule has 0 fully saturated rings. The zero-order valence-corrected chi connectivity index (χ0v) is 12.3. The van der Waals surface area contributed by atoms with Crippen molar-refractivity contribution in [1.82, 2.24) is 0 Å². The van der Waals surface area contributed by atoms with Gasteiger partial charge in [-0.05, 0) is 24.6 Å². The maximum Gasteiger partial charge on any atom is 0.141 e. The highest BCUT2D eigenvalue weighted by molar-refractivity contribution is 5.58. The molecule has 21 heavy (non-hydrogen) atoms. The lowest BCUT2D eigenvalue weighted by Gasteiger charge is -2.34. The van der Waals surface area contributed by atoms with Crippen LogP contribution in [0.15, 0.2) is 48.5 Å². The number of hydrogen-bond donors (Lipinski definition) is 2. The Kier molecular flexibility index (Phi) is 4.81. The fraction of sp³-hybridized carbons (Fsp3) is 0.294. The van der Waals surface area contributed by atoms with Crippen LogP contribution in [0.2, 0.25) is 0 Å². The van der Waals surface area contributed by atoms with Crippen LogP contribution in [0.4, 0.5) is 10.1 Å². The molecule has 0 saturated carbocycles. The topological polar surface area (TPSA) is 41.5 Å². The summed E-state index contributed by atoms with van der Waals surface area (Å²) in [6, 6.07) is 13.9. The van der Waals surface area contributed by atoms with Gasteiger partial charge in [0.2, 0.25) is 0 Å². The third-order valence-electron chi connectivity index (χ3n) is 3.74. The molecule has 4 heteroatoms. The number of nitrogens with one attached hydrogen (secondary N) is 1. The summed E-state index contributed by atoms with van der Waals surface area (Å²) in [5.41, 5.74) is 0.278. The van der Waals surface area contributed by atoms with E-state index in [1.165, 1.54) is 6.07 Å². The molecule has 2 aromatic carbocycles. The highest BCUT2D eigenvalue weighted by atomic mass is 19.1. The first kappa shape index (κ1) is 15.3. The van der Waals surface area contributed by atoms with Gasteiger partial charge in [-0.3, -0.25) is 0 Å². The first-order valence-corrected chi connectivity index (χ1v) is 6.94. The predicted molar refractivity (Wildman–Crippen MR) is 82.1 cm³/mol. The van der Waals surface area contributed by atoms with Gasteiger partial charge in [-0.15, -0.1) is 0 Å². The lowest BCUT2D eigenvalue weighted by Crippen LogP contribution is -2.39. The van der Waals surface area contributed by atoms with Gasteiger partial charge in [0.25, 0.3) is 0 Å². The van der Waals surface area contributed by atoms with Crippen molar-refractivity contribution in [1.29, 1.82) is 0 Å². The van der Waals surface area contributed by atoms with E-state index in [4.69, 9.17) is 4.74 Å². The van der Waals surface area contributed by atoms with Gasteiger partial charge < -0.3 is 15.2 Å². The van der Waals surface area contributed by atoms with Crippen LogP contribution in [0.3, 0.4) is 0 Å². The summed E-state index contributed by atoms with van der Waals surface area (Å²) < 4.78 is 19.5. The molecule has 0 saturated heterocycles. The van der Waals surface area contributed by atoms with Crippen LogP contribution in [-0.4, -0.2) is 18.8 Å². The Balaban J connectivity index is 2.46. The summed E-state index contributed by atoms with van der Waals surface area (Å²) in [5.74, 6) is 0.316. The summed E-state index contributed by atoms with van der Waals surface area (Å²) >= 11 is 0. The summed E-state index contributed by atoms with van der Waals surface area (Å²) in [6.45, 7) is 1.69. The summed E-state index contributed by atoms with van der Waals surface area (Å²) in [5, 5.41) is 13.2. The van der Waals surface area contributed by atoms with Crippen LogP contribution in [0.25, 0.3) is 0 Å². The van der Waals surface area contributed by atoms with Gasteiger partial charge in [-0.1, -0.05) is 37.3 Å². The van der Waals surface area contributed by atoms with Crippen LogP contribution in [0.5, 0.6) is 5.75 Å². The van der Waals surface area contributed by atoms with Crippen molar-refractivity contribution in [2.45, 2.75) is 18.9 Å². The summed E-state index contributed by atoms with van der Waals surface area (Å²) in [4.78, 5) is 0. The van der Waals surface area contributed by atoms with Gasteiger partial charge in [-0.2, -0.15) is 0 Å². The Morgan fingerprint density at radius 1 is 1.14 bits per heavy atom. The molecular formula is C17H20FNO2. The Morgan fingerprint density at radius 3 is 2.43 bits per heavy atom. The predicted octanol–water partition coefficient (Wildman–Crippen LogP) is 3.54. The molecular weight excluding hydrogens is 269 g/mol. The monoisotopic (exact) mass is 289 g/mol. The number of para-hydroxylation sites is 2. The molecule has 0 amide bonds. The maximum atomic E-state index is 14.2. The largest absolute Gasteiger partial charge is 0.495 e. The molecule has 1 unspecified atom stereocenters. The second kappa shape index (κ2) is 6.59. The number of anilines is 1. The molecule has 0 aliphatic carbocycles. The molecule has 3 nitrogen and oxygen atoms in total. The van der Waals surface area contributed by atoms with Gasteiger partial charge in [0.1, 0.15) is 11.6 Å². The molecule has 1 atom stereocenters. The fourth-order valence-electron chi connectivity index (χ4n) is 2.44. The van der Waals surface area contributed by atoms with E-state index in [0.29, 0.717) is 17.7 Å². The number of ether oxygens (including phenoxy) is 1. The Labute approximate surface area is 124 Å². The van der Waals surface area contributed by atoms with E-state index in [9.17, 15) is 9.50 Å². The Hall–Kier alpha value is -2.07. The van der Waals surface area contributed by atoms with Crippen molar-refractivity contribution in [2.75, 3.05) is 19.0 Å². The number of halogens is 1. The molecule has 0 aromatic heterocycles.